The number of ether oxygens (including phenoxy) is 2. The summed E-state index contributed by atoms with van der Waals surface area (Å²) < 4.78 is 10.7. The van der Waals surface area contributed by atoms with Crippen molar-refractivity contribution in [2.45, 2.75) is 6.54 Å². The Bertz CT molecular complexity index is 685. The van der Waals surface area contributed by atoms with Crippen LogP contribution in [0.3, 0.4) is 0 Å². The SMILES string of the molecule is COc1ccc(N2CCN(Cc3ccccc3Cl)CC2)cc1OC. The molecular formula is C19H23ClN2O2. The quantitative estimate of drug-likeness (QED) is 0.824. The Morgan fingerprint density at radius 2 is 1.62 bits per heavy atom. The summed E-state index contributed by atoms with van der Waals surface area (Å²) in [6, 6.07) is 14.2. The minimum atomic E-state index is 0.763. The number of nitrogens with zero attached hydrogens (tertiary/aromatic N) is 2. The molecule has 0 aliphatic carbocycles. The fourth-order valence-corrected chi connectivity index (χ4v) is 3.25. The highest BCUT2D eigenvalue weighted by molar-refractivity contribution is 6.31. The van der Waals surface area contributed by atoms with E-state index in [1.807, 2.05) is 30.3 Å². The van der Waals surface area contributed by atoms with E-state index in [1.165, 1.54) is 11.3 Å². The Balaban J connectivity index is 1.62. The summed E-state index contributed by atoms with van der Waals surface area (Å²) in [5.41, 5.74) is 2.36. The summed E-state index contributed by atoms with van der Waals surface area (Å²) >= 11 is 6.27. The van der Waals surface area contributed by atoms with E-state index in [1.54, 1.807) is 14.2 Å². The monoisotopic (exact) mass is 346 g/mol. The van der Waals surface area contributed by atoms with Gasteiger partial charge in [-0.05, 0) is 23.8 Å². The summed E-state index contributed by atoms with van der Waals surface area (Å²) in [5.74, 6) is 1.53. The van der Waals surface area contributed by atoms with Crippen molar-refractivity contribution in [1.29, 1.82) is 0 Å². The minimum Gasteiger partial charge on any atom is -0.493 e. The zero-order valence-electron chi connectivity index (χ0n) is 14.2. The molecule has 3 rings (SSSR count). The van der Waals surface area contributed by atoms with Crippen molar-refractivity contribution < 1.29 is 9.47 Å². The summed E-state index contributed by atoms with van der Waals surface area (Å²) in [4.78, 5) is 4.82. The summed E-state index contributed by atoms with van der Waals surface area (Å²) in [5, 5.41) is 0.847. The maximum atomic E-state index is 6.27. The molecule has 2 aromatic rings. The van der Waals surface area contributed by atoms with E-state index in [9.17, 15) is 0 Å². The lowest BCUT2D eigenvalue weighted by atomic mass is 10.2. The summed E-state index contributed by atoms with van der Waals surface area (Å²) in [6.45, 7) is 4.90. The van der Waals surface area contributed by atoms with Gasteiger partial charge >= 0.3 is 0 Å². The lowest BCUT2D eigenvalue weighted by molar-refractivity contribution is 0.250. The predicted molar refractivity (Wildman–Crippen MR) is 98.5 cm³/mol. The van der Waals surface area contributed by atoms with E-state index in [0.717, 1.165) is 49.2 Å². The molecule has 0 amide bonds. The molecule has 4 nitrogen and oxygen atoms in total. The van der Waals surface area contributed by atoms with Crippen LogP contribution in [0.1, 0.15) is 5.56 Å². The van der Waals surface area contributed by atoms with Crippen LogP contribution in [-0.2, 0) is 6.54 Å². The normalized spacial score (nSPS) is 15.4. The van der Waals surface area contributed by atoms with Crippen LogP contribution < -0.4 is 14.4 Å². The van der Waals surface area contributed by atoms with Crippen molar-refractivity contribution in [3.63, 3.8) is 0 Å². The van der Waals surface area contributed by atoms with Crippen molar-refractivity contribution in [1.82, 2.24) is 4.90 Å². The fourth-order valence-electron chi connectivity index (χ4n) is 3.05. The molecule has 1 aliphatic heterocycles. The lowest BCUT2D eigenvalue weighted by Gasteiger charge is -2.36. The molecule has 0 saturated carbocycles. The highest BCUT2D eigenvalue weighted by atomic mass is 35.5. The van der Waals surface area contributed by atoms with Gasteiger partial charge < -0.3 is 14.4 Å². The van der Waals surface area contributed by atoms with Gasteiger partial charge in [0, 0.05) is 49.5 Å². The zero-order chi connectivity index (χ0) is 16.9. The maximum absolute atomic E-state index is 6.27. The van der Waals surface area contributed by atoms with Crippen LogP contribution in [0.15, 0.2) is 42.5 Å². The average molecular weight is 347 g/mol. The van der Waals surface area contributed by atoms with Gasteiger partial charge in [-0.2, -0.15) is 0 Å². The first-order valence-corrected chi connectivity index (χ1v) is 8.52. The Morgan fingerprint density at radius 3 is 2.29 bits per heavy atom. The third-order valence-corrected chi connectivity index (χ3v) is 4.83. The van der Waals surface area contributed by atoms with E-state index in [0.29, 0.717) is 0 Å². The molecule has 0 spiro atoms. The molecule has 5 heteroatoms. The Labute approximate surface area is 148 Å². The molecule has 1 aliphatic rings. The van der Waals surface area contributed by atoms with Gasteiger partial charge in [0.05, 0.1) is 14.2 Å². The third kappa shape index (κ3) is 3.77. The molecule has 0 N–H and O–H groups in total. The standard InChI is InChI=1S/C19H23ClN2O2/c1-23-18-8-7-16(13-19(18)24-2)22-11-9-21(10-12-22)14-15-5-3-4-6-17(15)20/h3-8,13H,9-12,14H2,1-2H3. The molecule has 0 aromatic heterocycles. The number of methoxy groups -OCH3 is 2. The highest BCUT2D eigenvalue weighted by Gasteiger charge is 2.19. The number of rotatable bonds is 5. The van der Waals surface area contributed by atoms with Crippen molar-refractivity contribution in [3.8, 4) is 11.5 Å². The third-order valence-electron chi connectivity index (χ3n) is 4.46. The van der Waals surface area contributed by atoms with Crippen molar-refractivity contribution in [3.05, 3.63) is 53.1 Å². The zero-order valence-corrected chi connectivity index (χ0v) is 14.9. The van der Waals surface area contributed by atoms with Gasteiger partial charge in [0.1, 0.15) is 0 Å². The van der Waals surface area contributed by atoms with Crippen LogP contribution in [0, 0.1) is 0 Å². The molecule has 0 atom stereocenters. The second-order valence-corrected chi connectivity index (χ2v) is 6.30. The van der Waals surface area contributed by atoms with Crippen LogP contribution in [0.2, 0.25) is 5.02 Å². The van der Waals surface area contributed by atoms with Crippen molar-refractivity contribution in [2.75, 3.05) is 45.3 Å². The Kier molecular flexibility index (Phi) is 5.48. The van der Waals surface area contributed by atoms with E-state index < -0.39 is 0 Å². The largest absolute Gasteiger partial charge is 0.493 e. The predicted octanol–water partition coefficient (Wildman–Crippen LogP) is 3.68. The molecule has 2 aromatic carbocycles. The molecule has 24 heavy (non-hydrogen) atoms. The van der Waals surface area contributed by atoms with Gasteiger partial charge in [0.15, 0.2) is 11.5 Å². The lowest BCUT2D eigenvalue weighted by Crippen LogP contribution is -2.46. The second kappa shape index (κ2) is 7.77. The van der Waals surface area contributed by atoms with E-state index in [2.05, 4.69) is 21.9 Å². The number of hydrogen-bond donors (Lipinski definition) is 0. The van der Waals surface area contributed by atoms with Crippen LogP contribution in [0.4, 0.5) is 5.69 Å². The molecule has 0 bridgehead atoms. The van der Waals surface area contributed by atoms with Crippen LogP contribution in [-0.4, -0.2) is 45.3 Å². The molecule has 1 fully saturated rings. The number of halogens is 1. The van der Waals surface area contributed by atoms with E-state index in [4.69, 9.17) is 21.1 Å². The first kappa shape index (κ1) is 16.9. The van der Waals surface area contributed by atoms with Gasteiger partial charge in [0.25, 0.3) is 0 Å². The second-order valence-electron chi connectivity index (χ2n) is 5.89. The van der Waals surface area contributed by atoms with Crippen molar-refractivity contribution >= 4 is 17.3 Å². The number of piperazine rings is 1. The fraction of sp³-hybridized carbons (Fsp3) is 0.368. The molecule has 0 radical (unpaired) electrons. The van der Waals surface area contributed by atoms with Crippen LogP contribution in [0.25, 0.3) is 0 Å². The first-order valence-electron chi connectivity index (χ1n) is 8.14. The molecule has 1 heterocycles. The number of benzene rings is 2. The van der Waals surface area contributed by atoms with Gasteiger partial charge in [0.2, 0.25) is 0 Å². The van der Waals surface area contributed by atoms with Gasteiger partial charge in [-0.1, -0.05) is 29.8 Å². The van der Waals surface area contributed by atoms with Gasteiger partial charge in [-0.25, -0.2) is 0 Å². The van der Waals surface area contributed by atoms with E-state index in [-0.39, 0.29) is 0 Å². The topological polar surface area (TPSA) is 24.9 Å². The molecule has 1 saturated heterocycles. The van der Waals surface area contributed by atoms with Gasteiger partial charge in [-0.15, -0.1) is 0 Å². The first-order chi connectivity index (χ1) is 11.7. The number of anilines is 1. The Hall–Kier alpha value is -1.91. The minimum absolute atomic E-state index is 0.763. The number of hydrogen-bond acceptors (Lipinski definition) is 4. The van der Waals surface area contributed by atoms with Crippen molar-refractivity contribution in [2.24, 2.45) is 0 Å². The maximum Gasteiger partial charge on any atom is 0.162 e. The van der Waals surface area contributed by atoms with Crippen LogP contribution >= 0.6 is 11.6 Å². The molecular weight excluding hydrogens is 324 g/mol. The summed E-state index contributed by atoms with van der Waals surface area (Å²) in [6.07, 6.45) is 0. The summed E-state index contributed by atoms with van der Waals surface area (Å²) in [7, 11) is 3.33. The van der Waals surface area contributed by atoms with Gasteiger partial charge in [-0.3, -0.25) is 4.90 Å². The van der Waals surface area contributed by atoms with Crippen LogP contribution in [0.5, 0.6) is 11.5 Å². The molecule has 128 valence electrons. The highest BCUT2D eigenvalue weighted by Crippen LogP contribution is 2.32. The smallest absolute Gasteiger partial charge is 0.162 e. The molecule has 0 unspecified atom stereocenters. The Morgan fingerprint density at radius 1 is 0.917 bits per heavy atom. The average Bonchev–Trinajstić information content (AvgIpc) is 2.63. The van der Waals surface area contributed by atoms with E-state index >= 15 is 0 Å².